The Hall–Kier alpha value is -1.89. The maximum absolute atomic E-state index is 12.0. The number of aromatic nitrogens is 1. The monoisotopic (exact) mass is 294 g/mol. The smallest absolute Gasteiger partial charge is 0.245 e. The molecular formula is C14H22N4O3. The summed E-state index contributed by atoms with van der Waals surface area (Å²) < 4.78 is 4.86. The fraction of sp³-hybridized carbons (Fsp3) is 0.643. The molecule has 0 saturated carbocycles. The topological polar surface area (TPSA) is 87.5 Å². The first kappa shape index (κ1) is 15.5. The number of hydrogen-bond acceptors (Lipinski definition) is 5. The van der Waals surface area contributed by atoms with E-state index >= 15 is 0 Å². The van der Waals surface area contributed by atoms with Crippen LogP contribution in [-0.2, 0) is 9.59 Å². The van der Waals surface area contributed by atoms with E-state index in [0.29, 0.717) is 24.0 Å². The van der Waals surface area contributed by atoms with E-state index in [2.05, 4.69) is 15.8 Å². The summed E-state index contributed by atoms with van der Waals surface area (Å²) in [6.45, 7) is 2.80. The van der Waals surface area contributed by atoms with Crippen LogP contribution in [0.25, 0.3) is 0 Å². The quantitative estimate of drug-likeness (QED) is 0.814. The molecule has 1 saturated heterocycles. The van der Waals surface area contributed by atoms with Crippen LogP contribution in [0, 0.1) is 6.92 Å². The van der Waals surface area contributed by atoms with Gasteiger partial charge in [-0.1, -0.05) is 5.16 Å². The Labute approximate surface area is 124 Å². The molecule has 116 valence electrons. The molecule has 0 spiro atoms. The van der Waals surface area contributed by atoms with E-state index in [9.17, 15) is 9.59 Å². The van der Waals surface area contributed by atoms with Gasteiger partial charge in [-0.3, -0.25) is 9.59 Å². The molecule has 2 rings (SSSR count). The lowest BCUT2D eigenvalue weighted by Gasteiger charge is -2.17. The van der Waals surface area contributed by atoms with Gasteiger partial charge in [0.15, 0.2) is 5.82 Å². The Kier molecular flexibility index (Phi) is 5.32. The Morgan fingerprint density at radius 2 is 2.38 bits per heavy atom. The van der Waals surface area contributed by atoms with Crippen molar-refractivity contribution < 1.29 is 14.1 Å². The maximum Gasteiger partial charge on any atom is 0.245 e. The zero-order valence-corrected chi connectivity index (χ0v) is 12.5. The van der Waals surface area contributed by atoms with Crippen molar-refractivity contribution in [2.24, 2.45) is 0 Å². The molecular weight excluding hydrogens is 272 g/mol. The van der Waals surface area contributed by atoms with Crippen LogP contribution in [0.3, 0.4) is 0 Å². The predicted molar refractivity (Wildman–Crippen MR) is 77.8 cm³/mol. The number of carbonyl (C=O) groups is 2. The number of aryl methyl sites for hydroxylation is 1. The molecule has 0 aromatic carbocycles. The van der Waals surface area contributed by atoms with Crippen molar-refractivity contribution in [2.75, 3.05) is 25.5 Å². The van der Waals surface area contributed by atoms with E-state index in [4.69, 9.17) is 4.52 Å². The first-order chi connectivity index (χ1) is 10.0. The third kappa shape index (κ3) is 4.86. The summed E-state index contributed by atoms with van der Waals surface area (Å²) in [4.78, 5) is 25.2. The molecule has 1 aromatic heterocycles. The van der Waals surface area contributed by atoms with Gasteiger partial charge in [0.25, 0.3) is 0 Å². The van der Waals surface area contributed by atoms with Crippen LogP contribution in [0.4, 0.5) is 5.82 Å². The molecule has 1 fully saturated rings. The van der Waals surface area contributed by atoms with Crippen molar-refractivity contribution in [1.29, 1.82) is 0 Å². The standard InChI is InChI=1S/C14H22N4O3/c1-10-8-12(17-21-10)16-13(19)9-18(2)14(20)6-5-11-4-3-7-15-11/h8,11,15H,3-7,9H2,1-2H3,(H,16,17,19). The molecule has 7 heteroatoms. The Bertz CT molecular complexity index is 494. The average molecular weight is 294 g/mol. The largest absolute Gasteiger partial charge is 0.360 e. The molecule has 21 heavy (non-hydrogen) atoms. The van der Waals surface area contributed by atoms with Gasteiger partial charge in [-0.2, -0.15) is 0 Å². The summed E-state index contributed by atoms with van der Waals surface area (Å²) in [6.07, 6.45) is 3.59. The molecule has 0 aliphatic carbocycles. The van der Waals surface area contributed by atoms with Crippen LogP contribution in [-0.4, -0.2) is 48.0 Å². The molecule has 1 aromatic rings. The van der Waals surface area contributed by atoms with Crippen molar-refractivity contribution in [3.63, 3.8) is 0 Å². The molecule has 0 bridgehead atoms. The van der Waals surface area contributed by atoms with Crippen LogP contribution >= 0.6 is 0 Å². The lowest BCUT2D eigenvalue weighted by atomic mass is 10.1. The van der Waals surface area contributed by atoms with E-state index < -0.39 is 0 Å². The number of carbonyl (C=O) groups excluding carboxylic acids is 2. The van der Waals surface area contributed by atoms with E-state index in [-0.39, 0.29) is 18.4 Å². The first-order valence-electron chi connectivity index (χ1n) is 7.25. The van der Waals surface area contributed by atoms with E-state index in [1.54, 1.807) is 20.0 Å². The van der Waals surface area contributed by atoms with Crippen molar-refractivity contribution in [1.82, 2.24) is 15.4 Å². The molecule has 1 unspecified atom stereocenters. The minimum atomic E-state index is -0.279. The number of nitrogens with one attached hydrogen (secondary N) is 2. The molecule has 1 atom stereocenters. The van der Waals surface area contributed by atoms with Crippen molar-refractivity contribution in [2.45, 2.75) is 38.6 Å². The summed E-state index contributed by atoms with van der Waals surface area (Å²) in [5, 5.41) is 9.63. The molecule has 2 N–H and O–H groups in total. The van der Waals surface area contributed by atoms with Crippen LogP contribution in [0.2, 0.25) is 0 Å². The van der Waals surface area contributed by atoms with Gasteiger partial charge in [-0.25, -0.2) is 0 Å². The lowest BCUT2D eigenvalue weighted by Crippen LogP contribution is -2.35. The first-order valence-corrected chi connectivity index (χ1v) is 7.25. The highest BCUT2D eigenvalue weighted by Gasteiger charge is 2.18. The van der Waals surface area contributed by atoms with Crippen molar-refractivity contribution in [3.8, 4) is 0 Å². The van der Waals surface area contributed by atoms with Crippen molar-refractivity contribution >= 4 is 17.6 Å². The van der Waals surface area contributed by atoms with E-state index in [1.165, 1.54) is 11.3 Å². The van der Waals surface area contributed by atoms with Gasteiger partial charge in [0, 0.05) is 25.6 Å². The second-order valence-electron chi connectivity index (χ2n) is 5.45. The summed E-state index contributed by atoms with van der Waals surface area (Å²) in [7, 11) is 1.64. The van der Waals surface area contributed by atoms with Crippen LogP contribution in [0.15, 0.2) is 10.6 Å². The maximum atomic E-state index is 12.0. The molecule has 0 radical (unpaired) electrons. The molecule has 2 heterocycles. The van der Waals surface area contributed by atoms with Gasteiger partial charge in [0.05, 0.1) is 6.54 Å². The summed E-state index contributed by atoms with van der Waals surface area (Å²) in [5.74, 6) is 0.695. The van der Waals surface area contributed by atoms with Crippen LogP contribution in [0.1, 0.15) is 31.4 Å². The lowest BCUT2D eigenvalue weighted by molar-refractivity contribution is -0.133. The third-order valence-corrected chi connectivity index (χ3v) is 3.57. The fourth-order valence-corrected chi connectivity index (χ4v) is 2.40. The second-order valence-corrected chi connectivity index (χ2v) is 5.45. The van der Waals surface area contributed by atoms with Gasteiger partial charge >= 0.3 is 0 Å². The van der Waals surface area contributed by atoms with Gasteiger partial charge in [0.1, 0.15) is 5.76 Å². The molecule has 1 aliphatic heterocycles. The van der Waals surface area contributed by atoms with E-state index in [0.717, 1.165) is 19.4 Å². The SMILES string of the molecule is Cc1cc(NC(=O)CN(C)C(=O)CCC2CCCN2)no1. The zero-order chi connectivity index (χ0) is 15.2. The number of likely N-dealkylation sites (N-methyl/N-ethyl adjacent to an activating group) is 1. The zero-order valence-electron chi connectivity index (χ0n) is 12.5. The number of rotatable bonds is 6. The number of anilines is 1. The van der Waals surface area contributed by atoms with Crippen LogP contribution < -0.4 is 10.6 Å². The highest BCUT2D eigenvalue weighted by Crippen LogP contribution is 2.11. The van der Waals surface area contributed by atoms with Gasteiger partial charge in [-0.05, 0) is 32.7 Å². The molecule has 1 aliphatic rings. The minimum Gasteiger partial charge on any atom is -0.360 e. The average Bonchev–Trinajstić information content (AvgIpc) is 3.07. The summed E-state index contributed by atoms with van der Waals surface area (Å²) in [6, 6.07) is 2.07. The minimum absolute atomic E-state index is 0.0167. The summed E-state index contributed by atoms with van der Waals surface area (Å²) >= 11 is 0. The highest BCUT2D eigenvalue weighted by molar-refractivity contribution is 5.93. The molecule has 2 amide bonds. The third-order valence-electron chi connectivity index (χ3n) is 3.57. The van der Waals surface area contributed by atoms with Gasteiger partial charge in [-0.15, -0.1) is 0 Å². The predicted octanol–water partition coefficient (Wildman–Crippen LogP) is 0.912. The van der Waals surface area contributed by atoms with Crippen LogP contribution in [0.5, 0.6) is 0 Å². The normalized spacial score (nSPS) is 17.7. The van der Waals surface area contributed by atoms with Gasteiger partial charge < -0.3 is 20.1 Å². The number of nitrogens with zero attached hydrogens (tertiary/aromatic N) is 2. The highest BCUT2D eigenvalue weighted by atomic mass is 16.5. The Morgan fingerprint density at radius 3 is 3.00 bits per heavy atom. The Balaban J connectivity index is 1.70. The molecule has 7 nitrogen and oxygen atoms in total. The summed E-state index contributed by atoms with van der Waals surface area (Å²) in [5.41, 5.74) is 0. The number of hydrogen-bond donors (Lipinski definition) is 2. The number of amides is 2. The van der Waals surface area contributed by atoms with E-state index in [1.807, 2.05) is 0 Å². The second kappa shape index (κ2) is 7.21. The van der Waals surface area contributed by atoms with Crippen molar-refractivity contribution in [3.05, 3.63) is 11.8 Å². The Morgan fingerprint density at radius 1 is 1.57 bits per heavy atom. The fourth-order valence-electron chi connectivity index (χ4n) is 2.40. The van der Waals surface area contributed by atoms with Gasteiger partial charge in [0.2, 0.25) is 11.8 Å².